The van der Waals surface area contributed by atoms with E-state index < -0.39 is 0 Å². The van der Waals surface area contributed by atoms with Gasteiger partial charge in [0, 0.05) is 39.3 Å². The smallest absolute Gasteiger partial charge is 0.119 e. The Morgan fingerprint density at radius 1 is 0.622 bits per heavy atom. The fourth-order valence-electron chi connectivity index (χ4n) is 4.92. The molecule has 0 unspecified atom stereocenters. The summed E-state index contributed by atoms with van der Waals surface area (Å²) >= 11 is 0. The van der Waals surface area contributed by atoms with Crippen molar-refractivity contribution in [3.8, 4) is 11.5 Å². The van der Waals surface area contributed by atoms with E-state index in [1.54, 1.807) is 0 Å². The van der Waals surface area contributed by atoms with Gasteiger partial charge in [-0.1, -0.05) is 38.1 Å². The average Bonchev–Trinajstić information content (AvgIpc) is 2.94. The summed E-state index contributed by atoms with van der Waals surface area (Å²) in [6.45, 7) is 15.0. The highest BCUT2D eigenvalue weighted by atomic mass is 35.5. The van der Waals surface area contributed by atoms with Crippen LogP contribution in [0, 0.1) is 0 Å². The Kier molecular flexibility index (Phi) is 12.7. The van der Waals surface area contributed by atoms with Gasteiger partial charge in [0.25, 0.3) is 0 Å². The molecule has 204 valence electrons. The van der Waals surface area contributed by atoms with Crippen LogP contribution in [0.1, 0.15) is 37.8 Å². The summed E-state index contributed by atoms with van der Waals surface area (Å²) in [5, 5.41) is 0. The summed E-state index contributed by atoms with van der Waals surface area (Å²) < 4.78 is 22.9. The molecule has 0 spiro atoms. The first-order valence-corrected chi connectivity index (χ1v) is 13.6. The zero-order valence-corrected chi connectivity index (χ0v) is 23.3. The van der Waals surface area contributed by atoms with E-state index in [1.165, 1.54) is 22.3 Å². The lowest BCUT2D eigenvalue weighted by Gasteiger charge is -2.26. The zero-order valence-electron chi connectivity index (χ0n) is 22.5. The van der Waals surface area contributed by atoms with Gasteiger partial charge in [-0.2, -0.15) is 0 Å². The Bertz CT molecular complexity index is 860. The number of hydrogen-bond acceptors (Lipinski definition) is 6. The molecule has 2 aliphatic rings. The Hall–Kier alpha value is -2.09. The van der Waals surface area contributed by atoms with Gasteiger partial charge in [0.15, 0.2) is 0 Å². The van der Waals surface area contributed by atoms with Crippen molar-refractivity contribution >= 4 is 23.6 Å². The highest BCUT2D eigenvalue weighted by molar-refractivity contribution is 5.90. The zero-order chi connectivity index (χ0) is 25.0. The molecule has 37 heavy (non-hydrogen) atoms. The third-order valence-electron chi connectivity index (χ3n) is 7.04. The van der Waals surface area contributed by atoms with Crippen LogP contribution < -0.4 is 9.47 Å². The summed E-state index contributed by atoms with van der Waals surface area (Å²) in [4.78, 5) is 4.79. The lowest BCUT2D eigenvalue weighted by Crippen LogP contribution is -2.38. The third-order valence-corrected chi connectivity index (χ3v) is 7.04. The molecular formula is C30H43ClN2O4. The number of allylic oxidation sites excluding steroid dienone is 2. The van der Waals surface area contributed by atoms with E-state index in [9.17, 15) is 0 Å². The van der Waals surface area contributed by atoms with E-state index in [-0.39, 0.29) is 12.4 Å². The fourth-order valence-corrected chi connectivity index (χ4v) is 4.92. The molecule has 0 saturated carbocycles. The summed E-state index contributed by atoms with van der Waals surface area (Å²) in [6.07, 6.45) is 1.97. The SMILES string of the molecule is CC/C(=C(\CC)c1ccc(OCCN2CCOCC2)cc1)c1ccc(OCCN2CCOCC2)cc1.Cl. The van der Waals surface area contributed by atoms with Crippen molar-refractivity contribution in [2.75, 3.05) is 78.9 Å². The van der Waals surface area contributed by atoms with Crippen molar-refractivity contribution in [2.45, 2.75) is 26.7 Å². The maximum absolute atomic E-state index is 6.01. The van der Waals surface area contributed by atoms with Crippen molar-refractivity contribution in [3.63, 3.8) is 0 Å². The van der Waals surface area contributed by atoms with Crippen LogP contribution >= 0.6 is 12.4 Å². The monoisotopic (exact) mass is 530 g/mol. The quantitative estimate of drug-likeness (QED) is 0.349. The van der Waals surface area contributed by atoms with E-state index in [2.05, 4.69) is 72.2 Å². The van der Waals surface area contributed by atoms with Gasteiger partial charge in [0.2, 0.25) is 0 Å². The van der Waals surface area contributed by atoms with Crippen LogP contribution in [-0.2, 0) is 9.47 Å². The molecule has 0 aliphatic carbocycles. The Morgan fingerprint density at radius 2 is 0.973 bits per heavy atom. The maximum Gasteiger partial charge on any atom is 0.119 e. The van der Waals surface area contributed by atoms with Crippen LogP contribution in [0.4, 0.5) is 0 Å². The molecule has 0 amide bonds. The summed E-state index contributed by atoms with van der Waals surface area (Å²) in [5.74, 6) is 1.86. The third kappa shape index (κ3) is 9.01. The van der Waals surface area contributed by atoms with E-state index in [4.69, 9.17) is 18.9 Å². The molecular weight excluding hydrogens is 488 g/mol. The predicted octanol–water partition coefficient (Wildman–Crippen LogP) is 5.26. The van der Waals surface area contributed by atoms with Crippen molar-refractivity contribution < 1.29 is 18.9 Å². The topological polar surface area (TPSA) is 43.4 Å². The number of halogens is 1. The van der Waals surface area contributed by atoms with Crippen LogP contribution in [0.2, 0.25) is 0 Å². The first-order valence-electron chi connectivity index (χ1n) is 13.6. The second kappa shape index (κ2) is 16.0. The van der Waals surface area contributed by atoms with Crippen LogP contribution in [0.25, 0.3) is 11.1 Å². The highest BCUT2D eigenvalue weighted by Gasteiger charge is 2.12. The first kappa shape index (κ1) is 29.5. The van der Waals surface area contributed by atoms with Gasteiger partial charge in [-0.15, -0.1) is 12.4 Å². The molecule has 6 nitrogen and oxygen atoms in total. The number of nitrogens with zero attached hydrogens (tertiary/aromatic N) is 2. The first-order chi connectivity index (χ1) is 17.8. The van der Waals surface area contributed by atoms with Gasteiger partial charge >= 0.3 is 0 Å². The minimum absolute atomic E-state index is 0. The largest absolute Gasteiger partial charge is 0.492 e. The van der Waals surface area contributed by atoms with E-state index >= 15 is 0 Å². The minimum Gasteiger partial charge on any atom is -0.492 e. The van der Waals surface area contributed by atoms with Gasteiger partial charge in [-0.25, -0.2) is 0 Å². The normalized spacial score (nSPS) is 17.6. The second-order valence-corrected chi connectivity index (χ2v) is 9.32. The number of hydrogen-bond donors (Lipinski definition) is 0. The van der Waals surface area contributed by atoms with Gasteiger partial charge in [0.1, 0.15) is 24.7 Å². The molecule has 0 radical (unpaired) electrons. The number of benzene rings is 2. The molecule has 2 heterocycles. The number of morpholine rings is 2. The van der Waals surface area contributed by atoms with Crippen molar-refractivity contribution in [2.24, 2.45) is 0 Å². The Morgan fingerprint density at radius 3 is 1.30 bits per heavy atom. The van der Waals surface area contributed by atoms with Crippen LogP contribution in [0.3, 0.4) is 0 Å². The van der Waals surface area contributed by atoms with Gasteiger partial charge in [-0.3, -0.25) is 9.80 Å². The molecule has 2 aromatic rings. The van der Waals surface area contributed by atoms with E-state index in [0.717, 1.165) is 90.0 Å². The van der Waals surface area contributed by atoms with E-state index in [0.29, 0.717) is 13.2 Å². The molecule has 0 bridgehead atoms. The molecule has 0 aromatic heterocycles. The summed E-state index contributed by atoms with van der Waals surface area (Å²) in [5.41, 5.74) is 5.30. The van der Waals surface area contributed by atoms with Crippen molar-refractivity contribution in [1.82, 2.24) is 9.80 Å². The lowest BCUT2D eigenvalue weighted by atomic mass is 9.91. The van der Waals surface area contributed by atoms with E-state index in [1.807, 2.05) is 0 Å². The fraction of sp³-hybridized carbons (Fsp3) is 0.533. The minimum atomic E-state index is 0. The van der Waals surface area contributed by atoms with Crippen LogP contribution in [0.15, 0.2) is 48.5 Å². The molecule has 2 saturated heterocycles. The molecule has 0 atom stereocenters. The van der Waals surface area contributed by atoms with Crippen LogP contribution in [-0.4, -0.2) is 88.7 Å². The van der Waals surface area contributed by atoms with Gasteiger partial charge < -0.3 is 18.9 Å². The molecule has 4 rings (SSSR count). The highest BCUT2D eigenvalue weighted by Crippen LogP contribution is 2.33. The molecule has 0 N–H and O–H groups in total. The molecule has 7 heteroatoms. The Labute approximate surface area is 228 Å². The summed E-state index contributed by atoms with van der Waals surface area (Å²) in [6, 6.07) is 17.2. The van der Waals surface area contributed by atoms with Gasteiger partial charge in [-0.05, 0) is 59.4 Å². The van der Waals surface area contributed by atoms with Crippen molar-refractivity contribution in [3.05, 3.63) is 59.7 Å². The lowest BCUT2D eigenvalue weighted by molar-refractivity contribution is 0.0321. The number of ether oxygens (including phenoxy) is 4. The Balaban J connectivity index is 0.00000380. The van der Waals surface area contributed by atoms with Crippen LogP contribution in [0.5, 0.6) is 11.5 Å². The molecule has 2 aliphatic heterocycles. The maximum atomic E-state index is 6.01. The second-order valence-electron chi connectivity index (χ2n) is 9.32. The standard InChI is InChI=1S/C30H42N2O4.ClH/c1-3-29(25-5-9-27(10-6-25)35-23-17-31-13-19-33-20-14-31)30(4-2)26-7-11-28(12-8-26)36-24-18-32-15-21-34-22-16-32;/h5-12H,3-4,13-24H2,1-2H3;1H/b30-29-;. The molecule has 2 fully saturated rings. The average molecular weight is 531 g/mol. The predicted molar refractivity (Wildman–Crippen MR) is 153 cm³/mol. The van der Waals surface area contributed by atoms with Gasteiger partial charge in [0.05, 0.1) is 26.4 Å². The molecule has 2 aromatic carbocycles. The number of rotatable bonds is 12. The van der Waals surface area contributed by atoms with Crippen molar-refractivity contribution in [1.29, 1.82) is 0 Å². The summed E-state index contributed by atoms with van der Waals surface area (Å²) in [7, 11) is 0.